The number of carbonyl (C=O) groups is 1. The standard InChI is InChI=1S/C16H29N3O2/c17-15(19-21)7-3-4-10-18-16(20)14-9-8-12-5-1-2-6-13(12)11-14/h12-14,21H,1-11H2,(H2,17,19)(H,18,20). The molecule has 0 saturated heterocycles. The first-order valence-corrected chi connectivity index (χ1v) is 8.45. The lowest BCUT2D eigenvalue weighted by Gasteiger charge is -2.38. The summed E-state index contributed by atoms with van der Waals surface area (Å²) in [4.78, 5) is 12.2. The number of nitrogens with two attached hydrogens (primary N) is 1. The van der Waals surface area contributed by atoms with E-state index >= 15 is 0 Å². The van der Waals surface area contributed by atoms with E-state index in [1.165, 1.54) is 32.1 Å². The van der Waals surface area contributed by atoms with Gasteiger partial charge in [0.2, 0.25) is 5.91 Å². The summed E-state index contributed by atoms with van der Waals surface area (Å²) in [6.07, 6.45) is 11.2. The minimum absolute atomic E-state index is 0.230. The van der Waals surface area contributed by atoms with Crippen LogP contribution in [0.1, 0.15) is 64.2 Å². The summed E-state index contributed by atoms with van der Waals surface area (Å²) in [5, 5.41) is 14.4. The molecule has 2 fully saturated rings. The maximum atomic E-state index is 12.2. The molecule has 4 N–H and O–H groups in total. The Morgan fingerprint density at radius 2 is 1.90 bits per heavy atom. The van der Waals surface area contributed by atoms with E-state index in [-0.39, 0.29) is 17.7 Å². The molecule has 0 spiro atoms. The number of amidine groups is 1. The Morgan fingerprint density at radius 1 is 1.14 bits per heavy atom. The number of unbranched alkanes of at least 4 members (excludes halogenated alkanes) is 1. The van der Waals surface area contributed by atoms with Crippen LogP contribution in [0, 0.1) is 17.8 Å². The van der Waals surface area contributed by atoms with Gasteiger partial charge in [0.1, 0.15) is 5.84 Å². The number of nitrogens with one attached hydrogen (secondary N) is 1. The average molecular weight is 295 g/mol. The topological polar surface area (TPSA) is 87.7 Å². The van der Waals surface area contributed by atoms with Gasteiger partial charge >= 0.3 is 0 Å². The second-order valence-electron chi connectivity index (χ2n) is 6.65. The summed E-state index contributed by atoms with van der Waals surface area (Å²) in [5.41, 5.74) is 5.41. The number of hydrogen-bond acceptors (Lipinski definition) is 3. The maximum Gasteiger partial charge on any atom is 0.223 e. The van der Waals surface area contributed by atoms with Gasteiger partial charge in [0.25, 0.3) is 0 Å². The summed E-state index contributed by atoms with van der Waals surface area (Å²) in [5.74, 6) is 2.42. The fraction of sp³-hybridized carbons (Fsp3) is 0.875. The third-order valence-electron chi connectivity index (χ3n) is 5.20. The molecule has 2 saturated carbocycles. The molecular formula is C16H29N3O2. The van der Waals surface area contributed by atoms with Crippen LogP contribution < -0.4 is 11.1 Å². The molecule has 2 aliphatic carbocycles. The molecular weight excluding hydrogens is 266 g/mol. The SMILES string of the molecule is NC(CCCCNC(=O)C1CCC2CCCCC2C1)=NO. The molecule has 1 amide bonds. The first-order chi connectivity index (χ1) is 10.2. The Morgan fingerprint density at radius 3 is 2.67 bits per heavy atom. The van der Waals surface area contributed by atoms with E-state index in [4.69, 9.17) is 10.9 Å². The molecule has 0 aromatic carbocycles. The minimum Gasteiger partial charge on any atom is -0.409 e. The van der Waals surface area contributed by atoms with Gasteiger partial charge in [0, 0.05) is 18.9 Å². The van der Waals surface area contributed by atoms with Crippen LogP contribution in [0.25, 0.3) is 0 Å². The Hall–Kier alpha value is -1.26. The number of carbonyl (C=O) groups excluding carboxylic acids is 1. The molecule has 5 nitrogen and oxygen atoms in total. The largest absolute Gasteiger partial charge is 0.409 e. The zero-order valence-electron chi connectivity index (χ0n) is 12.9. The van der Waals surface area contributed by atoms with Gasteiger partial charge in [0.15, 0.2) is 0 Å². The zero-order valence-corrected chi connectivity index (χ0v) is 12.9. The van der Waals surface area contributed by atoms with E-state index < -0.39 is 0 Å². The van der Waals surface area contributed by atoms with Crippen LogP contribution in [0.3, 0.4) is 0 Å². The second kappa shape index (κ2) is 8.25. The second-order valence-corrected chi connectivity index (χ2v) is 6.65. The lowest BCUT2D eigenvalue weighted by Crippen LogP contribution is -2.37. The summed E-state index contributed by atoms with van der Waals surface area (Å²) in [6, 6.07) is 0. The first kappa shape index (κ1) is 16.1. The van der Waals surface area contributed by atoms with Crippen LogP contribution in [0.15, 0.2) is 5.16 Å². The molecule has 2 aliphatic rings. The fourth-order valence-corrected chi connectivity index (χ4v) is 3.95. The molecule has 0 heterocycles. The predicted molar refractivity (Wildman–Crippen MR) is 83.1 cm³/mol. The van der Waals surface area contributed by atoms with Gasteiger partial charge in [-0.15, -0.1) is 0 Å². The van der Waals surface area contributed by atoms with E-state index in [0.717, 1.165) is 37.5 Å². The normalized spacial score (nSPS) is 29.7. The zero-order chi connectivity index (χ0) is 15.1. The van der Waals surface area contributed by atoms with Crippen molar-refractivity contribution in [2.75, 3.05) is 6.54 Å². The molecule has 3 unspecified atom stereocenters. The van der Waals surface area contributed by atoms with E-state index in [1.807, 2.05) is 0 Å². The van der Waals surface area contributed by atoms with Crippen molar-refractivity contribution in [3.8, 4) is 0 Å². The van der Waals surface area contributed by atoms with Crippen LogP contribution in [-0.4, -0.2) is 23.5 Å². The van der Waals surface area contributed by atoms with Crippen LogP contribution in [0.5, 0.6) is 0 Å². The third-order valence-corrected chi connectivity index (χ3v) is 5.20. The maximum absolute atomic E-state index is 12.2. The highest BCUT2D eigenvalue weighted by atomic mass is 16.4. The Bertz CT molecular complexity index is 371. The fourth-order valence-electron chi connectivity index (χ4n) is 3.95. The van der Waals surface area contributed by atoms with Crippen molar-refractivity contribution < 1.29 is 10.0 Å². The molecule has 0 aromatic heterocycles. The number of hydrogen-bond donors (Lipinski definition) is 3. The van der Waals surface area contributed by atoms with E-state index in [1.54, 1.807) is 0 Å². The monoisotopic (exact) mass is 295 g/mol. The molecule has 0 aromatic rings. The van der Waals surface area contributed by atoms with Gasteiger partial charge in [-0.2, -0.15) is 0 Å². The number of rotatable bonds is 6. The van der Waals surface area contributed by atoms with Crippen LogP contribution in [0.2, 0.25) is 0 Å². The number of oxime groups is 1. The molecule has 21 heavy (non-hydrogen) atoms. The average Bonchev–Trinajstić information content (AvgIpc) is 2.53. The predicted octanol–water partition coefficient (Wildman–Crippen LogP) is 2.63. The summed E-state index contributed by atoms with van der Waals surface area (Å²) < 4.78 is 0. The molecule has 5 heteroatoms. The molecule has 0 radical (unpaired) electrons. The summed E-state index contributed by atoms with van der Waals surface area (Å²) in [6.45, 7) is 0.697. The lowest BCUT2D eigenvalue weighted by molar-refractivity contribution is -0.127. The van der Waals surface area contributed by atoms with Crippen LogP contribution in [0.4, 0.5) is 0 Å². The quantitative estimate of drug-likeness (QED) is 0.231. The van der Waals surface area contributed by atoms with Crippen molar-refractivity contribution in [2.24, 2.45) is 28.6 Å². The highest BCUT2D eigenvalue weighted by molar-refractivity contribution is 5.79. The van der Waals surface area contributed by atoms with Crippen LogP contribution >= 0.6 is 0 Å². The van der Waals surface area contributed by atoms with Crippen LogP contribution in [-0.2, 0) is 4.79 Å². The first-order valence-electron chi connectivity index (χ1n) is 8.45. The number of amides is 1. The molecule has 2 rings (SSSR count). The highest BCUT2D eigenvalue weighted by Gasteiger charge is 2.34. The Balaban J connectivity index is 1.62. The molecule has 0 aliphatic heterocycles. The van der Waals surface area contributed by atoms with Gasteiger partial charge in [-0.05, 0) is 43.9 Å². The molecule has 120 valence electrons. The third kappa shape index (κ3) is 4.90. The number of nitrogens with zero attached hydrogens (tertiary/aromatic N) is 1. The van der Waals surface area contributed by atoms with E-state index in [9.17, 15) is 4.79 Å². The van der Waals surface area contributed by atoms with Crippen molar-refractivity contribution in [3.63, 3.8) is 0 Å². The minimum atomic E-state index is 0.230. The highest BCUT2D eigenvalue weighted by Crippen LogP contribution is 2.42. The van der Waals surface area contributed by atoms with Crippen molar-refractivity contribution in [3.05, 3.63) is 0 Å². The van der Waals surface area contributed by atoms with Gasteiger partial charge in [0.05, 0.1) is 0 Å². The van der Waals surface area contributed by atoms with Gasteiger partial charge < -0.3 is 16.3 Å². The Kier molecular flexibility index (Phi) is 6.33. The van der Waals surface area contributed by atoms with Crippen molar-refractivity contribution >= 4 is 11.7 Å². The number of fused-ring (bicyclic) bond motifs is 1. The molecule has 3 atom stereocenters. The van der Waals surface area contributed by atoms with Gasteiger partial charge in [-0.3, -0.25) is 4.79 Å². The summed E-state index contributed by atoms with van der Waals surface area (Å²) in [7, 11) is 0. The van der Waals surface area contributed by atoms with E-state index in [0.29, 0.717) is 13.0 Å². The van der Waals surface area contributed by atoms with Gasteiger partial charge in [-0.1, -0.05) is 30.8 Å². The smallest absolute Gasteiger partial charge is 0.223 e. The Labute approximate surface area is 127 Å². The van der Waals surface area contributed by atoms with Crippen molar-refractivity contribution in [1.29, 1.82) is 0 Å². The van der Waals surface area contributed by atoms with Crippen molar-refractivity contribution in [2.45, 2.75) is 64.2 Å². The lowest BCUT2D eigenvalue weighted by atomic mass is 9.67. The van der Waals surface area contributed by atoms with Crippen molar-refractivity contribution in [1.82, 2.24) is 5.32 Å². The molecule has 0 bridgehead atoms. The van der Waals surface area contributed by atoms with E-state index in [2.05, 4.69) is 10.5 Å². The van der Waals surface area contributed by atoms with Gasteiger partial charge in [-0.25, -0.2) is 0 Å². The summed E-state index contributed by atoms with van der Waals surface area (Å²) >= 11 is 0.